The van der Waals surface area contributed by atoms with Gasteiger partial charge in [-0.3, -0.25) is 4.79 Å². The van der Waals surface area contributed by atoms with Crippen LogP contribution in [0.4, 0.5) is 4.79 Å². The molecule has 0 aromatic carbocycles. The van der Waals surface area contributed by atoms with Gasteiger partial charge in [0.15, 0.2) is 0 Å². The normalized spacial score (nSPS) is 23.0. The van der Waals surface area contributed by atoms with Crippen LogP contribution in [0, 0.1) is 5.92 Å². The van der Waals surface area contributed by atoms with Crippen LogP contribution >= 0.6 is 0 Å². The Kier molecular flexibility index (Phi) is 7.13. The molecule has 128 valence electrons. The molecule has 1 amide bonds. The average molecular weight is 314 g/mol. The van der Waals surface area contributed by atoms with E-state index in [2.05, 4.69) is 17.1 Å². The maximum absolute atomic E-state index is 11.9. The summed E-state index contributed by atoms with van der Waals surface area (Å²) < 4.78 is 10.1. The highest BCUT2D eigenvalue weighted by Crippen LogP contribution is 2.21. The van der Waals surface area contributed by atoms with E-state index in [0.29, 0.717) is 6.42 Å². The number of amides is 1. The van der Waals surface area contributed by atoms with Crippen LogP contribution in [0.1, 0.15) is 47.0 Å². The summed E-state index contributed by atoms with van der Waals surface area (Å²) in [4.78, 5) is 25.7. The summed E-state index contributed by atoms with van der Waals surface area (Å²) in [7, 11) is 1.41. The van der Waals surface area contributed by atoms with Crippen molar-refractivity contribution in [1.82, 2.24) is 10.2 Å². The minimum atomic E-state index is -0.507. The Morgan fingerprint density at radius 3 is 2.50 bits per heavy atom. The van der Waals surface area contributed by atoms with E-state index in [0.717, 1.165) is 32.5 Å². The third-order valence-electron chi connectivity index (χ3n) is 3.56. The molecule has 1 heterocycles. The fourth-order valence-corrected chi connectivity index (χ4v) is 2.85. The molecule has 1 aliphatic rings. The first-order valence-electron chi connectivity index (χ1n) is 8.02. The van der Waals surface area contributed by atoms with Crippen molar-refractivity contribution in [2.75, 3.05) is 26.7 Å². The van der Waals surface area contributed by atoms with Crippen LogP contribution in [0.25, 0.3) is 0 Å². The molecule has 0 aromatic heterocycles. The van der Waals surface area contributed by atoms with Gasteiger partial charge in [-0.25, -0.2) is 4.79 Å². The molecule has 0 aromatic rings. The molecule has 0 bridgehead atoms. The number of nitrogens with one attached hydrogen (secondary N) is 1. The summed E-state index contributed by atoms with van der Waals surface area (Å²) in [6.45, 7) is 10.3. The van der Waals surface area contributed by atoms with Crippen molar-refractivity contribution in [2.45, 2.75) is 58.6 Å². The molecule has 1 fully saturated rings. The number of nitrogens with zero attached hydrogens (tertiary/aromatic N) is 1. The summed E-state index contributed by atoms with van der Waals surface area (Å²) in [5.74, 6) is 0.00653. The number of methoxy groups -OCH3 is 1. The maximum atomic E-state index is 11.9. The van der Waals surface area contributed by atoms with Gasteiger partial charge in [-0.15, -0.1) is 0 Å². The Hall–Kier alpha value is -1.30. The molecule has 22 heavy (non-hydrogen) atoms. The lowest BCUT2D eigenvalue weighted by Crippen LogP contribution is -2.52. The zero-order valence-corrected chi connectivity index (χ0v) is 14.5. The smallest absolute Gasteiger partial charge is 0.407 e. The van der Waals surface area contributed by atoms with Gasteiger partial charge >= 0.3 is 12.1 Å². The number of hydrogen-bond acceptors (Lipinski definition) is 5. The van der Waals surface area contributed by atoms with Crippen molar-refractivity contribution in [2.24, 2.45) is 5.92 Å². The first-order valence-corrected chi connectivity index (χ1v) is 8.02. The van der Waals surface area contributed by atoms with Crippen LogP contribution in [-0.2, 0) is 14.3 Å². The SMILES string of the molecule is CCCN1CC(CC(=O)OC)CC(NC(=O)OC(C)(C)C)C1. The van der Waals surface area contributed by atoms with E-state index in [9.17, 15) is 9.59 Å². The van der Waals surface area contributed by atoms with E-state index in [1.807, 2.05) is 20.8 Å². The Morgan fingerprint density at radius 1 is 1.27 bits per heavy atom. The molecule has 1 N–H and O–H groups in total. The molecule has 1 saturated heterocycles. The standard InChI is InChI=1S/C16H30N2O4/c1-6-7-18-10-12(9-14(19)21-5)8-13(11-18)17-15(20)22-16(2,3)4/h12-13H,6-11H2,1-5H3,(H,17,20). The van der Waals surface area contributed by atoms with Gasteiger partial charge < -0.3 is 19.7 Å². The molecule has 2 unspecified atom stereocenters. The first-order chi connectivity index (χ1) is 10.2. The van der Waals surface area contributed by atoms with Crippen LogP contribution in [0.3, 0.4) is 0 Å². The van der Waals surface area contributed by atoms with Gasteiger partial charge in [0.05, 0.1) is 7.11 Å². The molecule has 6 nitrogen and oxygen atoms in total. The quantitative estimate of drug-likeness (QED) is 0.788. The van der Waals surface area contributed by atoms with E-state index in [4.69, 9.17) is 9.47 Å². The lowest BCUT2D eigenvalue weighted by atomic mass is 9.91. The molecule has 1 aliphatic heterocycles. The zero-order valence-electron chi connectivity index (χ0n) is 14.5. The molecule has 6 heteroatoms. The predicted octanol–water partition coefficient (Wildman–Crippen LogP) is 2.17. The number of hydrogen-bond donors (Lipinski definition) is 1. The monoisotopic (exact) mass is 314 g/mol. The average Bonchev–Trinajstić information content (AvgIpc) is 2.36. The fourth-order valence-electron chi connectivity index (χ4n) is 2.85. The lowest BCUT2D eigenvalue weighted by molar-refractivity contribution is -0.142. The van der Waals surface area contributed by atoms with Crippen LogP contribution < -0.4 is 5.32 Å². The molecule has 1 rings (SSSR count). The summed E-state index contributed by atoms with van der Waals surface area (Å²) in [6, 6.07) is 0.00445. The third kappa shape index (κ3) is 7.11. The third-order valence-corrected chi connectivity index (χ3v) is 3.56. The minimum Gasteiger partial charge on any atom is -0.469 e. The number of carbonyl (C=O) groups excluding carboxylic acids is 2. The van der Waals surface area contributed by atoms with E-state index in [-0.39, 0.29) is 17.9 Å². The Labute approximate surface area is 133 Å². The van der Waals surface area contributed by atoms with Crippen LogP contribution in [0.2, 0.25) is 0 Å². The summed E-state index contributed by atoms with van der Waals surface area (Å²) in [5.41, 5.74) is -0.507. The summed E-state index contributed by atoms with van der Waals surface area (Å²) in [6.07, 6.45) is 1.81. The van der Waals surface area contributed by atoms with Crippen molar-refractivity contribution in [3.05, 3.63) is 0 Å². The number of esters is 1. The molecule has 2 atom stereocenters. The predicted molar refractivity (Wildman–Crippen MR) is 84.6 cm³/mol. The lowest BCUT2D eigenvalue weighted by Gasteiger charge is -2.37. The number of likely N-dealkylation sites (tertiary alicyclic amines) is 1. The van der Waals surface area contributed by atoms with Crippen LogP contribution in [0.5, 0.6) is 0 Å². The van der Waals surface area contributed by atoms with Gasteiger partial charge in [0, 0.05) is 25.6 Å². The number of ether oxygens (including phenoxy) is 2. The second-order valence-corrected chi connectivity index (χ2v) is 6.98. The van der Waals surface area contributed by atoms with E-state index in [1.165, 1.54) is 7.11 Å². The highest BCUT2D eigenvalue weighted by Gasteiger charge is 2.30. The Morgan fingerprint density at radius 2 is 1.95 bits per heavy atom. The van der Waals surface area contributed by atoms with Crippen molar-refractivity contribution in [3.8, 4) is 0 Å². The van der Waals surface area contributed by atoms with Gasteiger partial charge in [0.1, 0.15) is 5.60 Å². The topological polar surface area (TPSA) is 67.9 Å². The van der Waals surface area contributed by atoms with Gasteiger partial charge in [-0.05, 0) is 46.1 Å². The molecule has 0 saturated carbocycles. The first kappa shape index (κ1) is 18.7. The molecule has 0 spiro atoms. The van der Waals surface area contributed by atoms with E-state index < -0.39 is 11.7 Å². The largest absolute Gasteiger partial charge is 0.469 e. The van der Waals surface area contributed by atoms with Crippen molar-refractivity contribution in [1.29, 1.82) is 0 Å². The zero-order chi connectivity index (χ0) is 16.8. The van der Waals surface area contributed by atoms with Gasteiger partial charge in [-0.2, -0.15) is 0 Å². The van der Waals surface area contributed by atoms with Gasteiger partial charge in [-0.1, -0.05) is 6.92 Å². The second kappa shape index (κ2) is 8.36. The highest BCUT2D eigenvalue weighted by atomic mass is 16.6. The number of rotatable bonds is 5. The summed E-state index contributed by atoms with van der Waals surface area (Å²) in [5, 5.41) is 2.93. The molecular formula is C16H30N2O4. The van der Waals surface area contributed by atoms with Crippen molar-refractivity contribution < 1.29 is 19.1 Å². The Bertz CT molecular complexity index is 379. The number of alkyl carbamates (subject to hydrolysis) is 1. The van der Waals surface area contributed by atoms with E-state index in [1.54, 1.807) is 0 Å². The number of piperidine rings is 1. The number of carbonyl (C=O) groups is 2. The van der Waals surface area contributed by atoms with Crippen molar-refractivity contribution in [3.63, 3.8) is 0 Å². The van der Waals surface area contributed by atoms with Gasteiger partial charge in [0.2, 0.25) is 0 Å². The Balaban J connectivity index is 2.59. The maximum Gasteiger partial charge on any atom is 0.407 e. The molecule has 0 aliphatic carbocycles. The van der Waals surface area contributed by atoms with Crippen molar-refractivity contribution >= 4 is 12.1 Å². The molecular weight excluding hydrogens is 284 g/mol. The van der Waals surface area contributed by atoms with Crippen LogP contribution in [-0.4, -0.2) is 55.3 Å². The highest BCUT2D eigenvalue weighted by molar-refractivity contribution is 5.70. The van der Waals surface area contributed by atoms with Crippen LogP contribution in [0.15, 0.2) is 0 Å². The molecule has 0 radical (unpaired) electrons. The van der Waals surface area contributed by atoms with E-state index >= 15 is 0 Å². The summed E-state index contributed by atoms with van der Waals surface area (Å²) >= 11 is 0. The second-order valence-electron chi connectivity index (χ2n) is 6.98. The van der Waals surface area contributed by atoms with Gasteiger partial charge in [0.25, 0.3) is 0 Å². The minimum absolute atomic E-state index is 0.00445. The fraction of sp³-hybridized carbons (Fsp3) is 0.875.